The highest BCUT2D eigenvalue weighted by Gasteiger charge is 2.51. The first-order valence-corrected chi connectivity index (χ1v) is 21.8. The first-order valence-electron chi connectivity index (χ1n) is 21.8. The fourth-order valence-corrected chi connectivity index (χ4v) is 10.9. The van der Waals surface area contributed by atoms with E-state index in [1.807, 2.05) is 0 Å². The third-order valence-corrected chi connectivity index (χ3v) is 13.5. The van der Waals surface area contributed by atoms with Gasteiger partial charge in [0.15, 0.2) is 0 Å². The predicted octanol–water partition coefficient (Wildman–Crippen LogP) is 16.4. The van der Waals surface area contributed by atoms with E-state index in [1.165, 1.54) is 50.1 Å². The SMILES string of the molecule is c1ccc(-c2cccc(-c3c(N(c4ccc5c(c4)C4(c6ccccc6-c6ccccc64)c4ccccc4-5)c4ccccc4-c4ccccc4)ccc4oc5ccccc5c34)c2)cc1. The van der Waals surface area contributed by atoms with Gasteiger partial charge in [-0.15, -0.1) is 0 Å². The highest BCUT2D eigenvalue weighted by molar-refractivity contribution is 6.17. The van der Waals surface area contributed by atoms with Gasteiger partial charge in [0.1, 0.15) is 11.2 Å². The van der Waals surface area contributed by atoms with Gasteiger partial charge in [-0.1, -0.05) is 194 Å². The monoisotopic (exact) mass is 801 g/mol. The van der Waals surface area contributed by atoms with Crippen molar-refractivity contribution < 1.29 is 4.42 Å². The second-order valence-electron chi connectivity index (χ2n) is 16.7. The van der Waals surface area contributed by atoms with Crippen molar-refractivity contribution >= 4 is 39.0 Å². The zero-order valence-electron chi connectivity index (χ0n) is 34.4. The molecule has 11 aromatic rings. The fraction of sp³-hybridized carbons (Fsp3) is 0.0164. The third kappa shape index (κ3) is 5.19. The number of hydrogen-bond acceptors (Lipinski definition) is 2. The zero-order valence-corrected chi connectivity index (χ0v) is 34.4. The van der Waals surface area contributed by atoms with Crippen LogP contribution < -0.4 is 4.90 Å². The van der Waals surface area contributed by atoms with Gasteiger partial charge < -0.3 is 9.32 Å². The molecule has 2 aliphatic rings. The molecule has 2 aliphatic carbocycles. The van der Waals surface area contributed by atoms with E-state index >= 15 is 0 Å². The van der Waals surface area contributed by atoms with Crippen LogP contribution in [0.15, 0.2) is 241 Å². The number of furan rings is 1. The molecule has 0 unspecified atom stereocenters. The van der Waals surface area contributed by atoms with E-state index < -0.39 is 5.41 Å². The molecule has 0 aliphatic heterocycles. The molecule has 0 saturated carbocycles. The Bertz CT molecular complexity index is 3520. The second-order valence-corrected chi connectivity index (χ2v) is 16.7. The summed E-state index contributed by atoms with van der Waals surface area (Å²) in [5.74, 6) is 0. The van der Waals surface area contributed by atoms with Gasteiger partial charge in [0, 0.05) is 27.6 Å². The van der Waals surface area contributed by atoms with Crippen molar-refractivity contribution in [3.63, 3.8) is 0 Å². The van der Waals surface area contributed by atoms with Crippen LogP contribution in [0.25, 0.3) is 77.6 Å². The molecule has 1 spiro atoms. The minimum absolute atomic E-state index is 0.489. The molecule has 0 radical (unpaired) electrons. The maximum absolute atomic E-state index is 6.68. The molecule has 10 aromatic carbocycles. The minimum atomic E-state index is -0.489. The van der Waals surface area contributed by atoms with E-state index in [9.17, 15) is 0 Å². The quantitative estimate of drug-likeness (QED) is 0.167. The van der Waals surface area contributed by atoms with Crippen LogP contribution >= 0.6 is 0 Å². The summed E-state index contributed by atoms with van der Waals surface area (Å²) in [5.41, 5.74) is 21.8. The Morgan fingerprint density at radius 1 is 0.317 bits per heavy atom. The number of nitrogens with zero attached hydrogens (tertiary/aromatic N) is 1. The van der Waals surface area contributed by atoms with Gasteiger partial charge in [-0.25, -0.2) is 0 Å². The Hall–Kier alpha value is -8.20. The van der Waals surface area contributed by atoms with E-state index in [2.05, 4.69) is 241 Å². The lowest BCUT2D eigenvalue weighted by molar-refractivity contribution is 0.669. The van der Waals surface area contributed by atoms with Crippen LogP contribution in [0.3, 0.4) is 0 Å². The summed E-state index contributed by atoms with van der Waals surface area (Å²) < 4.78 is 6.68. The molecule has 2 heteroatoms. The zero-order chi connectivity index (χ0) is 41.5. The fourth-order valence-electron chi connectivity index (χ4n) is 10.9. The summed E-state index contributed by atoms with van der Waals surface area (Å²) in [5, 5.41) is 2.19. The Morgan fingerprint density at radius 2 is 0.857 bits per heavy atom. The Kier molecular flexibility index (Phi) is 7.85. The Balaban J connectivity index is 1.15. The number of hydrogen-bond donors (Lipinski definition) is 0. The molecular weight excluding hydrogens is 763 g/mol. The summed E-state index contributed by atoms with van der Waals surface area (Å²) in [4.78, 5) is 2.51. The van der Waals surface area contributed by atoms with Crippen molar-refractivity contribution in [1.29, 1.82) is 0 Å². The molecule has 0 saturated heterocycles. The molecule has 2 nitrogen and oxygen atoms in total. The van der Waals surface area contributed by atoms with Crippen molar-refractivity contribution in [3.8, 4) is 55.6 Å². The lowest BCUT2D eigenvalue weighted by Crippen LogP contribution is -2.26. The van der Waals surface area contributed by atoms with Gasteiger partial charge >= 0.3 is 0 Å². The van der Waals surface area contributed by atoms with E-state index in [1.54, 1.807) is 0 Å². The van der Waals surface area contributed by atoms with Crippen LogP contribution in [0.4, 0.5) is 17.1 Å². The average Bonchev–Trinajstić information content (AvgIpc) is 3.99. The highest BCUT2D eigenvalue weighted by atomic mass is 16.3. The summed E-state index contributed by atoms with van der Waals surface area (Å²) >= 11 is 0. The molecular formula is C61H39NO. The van der Waals surface area contributed by atoms with Crippen LogP contribution in [-0.4, -0.2) is 0 Å². The molecule has 1 heterocycles. The van der Waals surface area contributed by atoms with Crippen molar-refractivity contribution in [2.24, 2.45) is 0 Å². The number of anilines is 3. The second kappa shape index (κ2) is 13.9. The first kappa shape index (κ1) is 35.5. The summed E-state index contributed by atoms with van der Waals surface area (Å²) in [6.45, 7) is 0. The maximum atomic E-state index is 6.68. The van der Waals surface area contributed by atoms with Crippen molar-refractivity contribution in [3.05, 3.63) is 259 Å². The van der Waals surface area contributed by atoms with Crippen molar-refractivity contribution in [1.82, 2.24) is 0 Å². The van der Waals surface area contributed by atoms with Crippen LogP contribution in [0.2, 0.25) is 0 Å². The van der Waals surface area contributed by atoms with Crippen LogP contribution in [0.1, 0.15) is 22.3 Å². The van der Waals surface area contributed by atoms with Gasteiger partial charge in [0.05, 0.1) is 16.8 Å². The molecule has 0 N–H and O–H groups in total. The van der Waals surface area contributed by atoms with Gasteiger partial charge in [0.25, 0.3) is 0 Å². The number of benzene rings is 10. The molecule has 13 rings (SSSR count). The summed E-state index contributed by atoms with van der Waals surface area (Å²) in [7, 11) is 0. The lowest BCUT2D eigenvalue weighted by atomic mass is 9.70. The van der Waals surface area contributed by atoms with Crippen LogP contribution in [0, 0.1) is 0 Å². The van der Waals surface area contributed by atoms with E-state index in [0.29, 0.717) is 0 Å². The molecule has 0 amide bonds. The van der Waals surface area contributed by atoms with Crippen LogP contribution in [-0.2, 0) is 5.41 Å². The van der Waals surface area contributed by atoms with Crippen molar-refractivity contribution in [2.45, 2.75) is 5.41 Å². The molecule has 63 heavy (non-hydrogen) atoms. The number of para-hydroxylation sites is 2. The smallest absolute Gasteiger partial charge is 0.136 e. The van der Waals surface area contributed by atoms with Gasteiger partial charge in [-0.05, 0) is 109 Å². The van der Waals surface area contributed by atoms with E-state index in [-0.39, 0.29) is 0 Å². The van der Waals surface area contributed by atoms with E-state index in [0.717, 1.165) is 66.8 Å². The standard InChI is InChI=1S/C61H39NO/c1-3-18-40(19-4-1)42-22-17-23-43(38-42)59-56(36-37-58-60(59)50-28-11-16-33-57(50)63-58)62(55-32-15-10-24-45(55)41-20-5-2-6-21-41)44-34-35-49-48-27-9-14-31-53(48)61(54(49)39-44)51-29-12-7-25-46(51)47-26-8-13-30-52(47)61/h1-39H. The minimum Gasteiger partial charge on any atom is -0.456 e. The van der Waals surface area contributed by atoms with E-state index in [4.69, 9.17) is 4.42 Å². The molecule has 0 bridgehead atoms. The Labute approximate surface area is 366 Å². The van der Waals surface area contributed by atoms with Crippen LogP contribution in [0.5, 0.6) is 0 Å². The lowest BCUT2D eigenvalue weighted by Gasteiger charge is -2.33. The highest BCUT2D eigenvalue weighted by Crippen LogP contribution is 2.63. The van der Waals surface area contributed by atoms with Gasteiger partial charge in [-0.3, -0.25) is 0 Å². The number of rotatable bonds is 6. The number of fused-ring (bicyclic) bond motifs is 13. The first-order chi connectivity index (χ1) is 31.3. The van der Waals surface area contributed by atoms with Gasteiger partial charge in [-0.2, -0.15) is 0 Å². The molecule has 294 valence electrons. The van der Waals surface area contributed by atoms with Gasteiger partial charge in [0.2, 0.25) is 0 Å². The third-order valence-electron chi connectivity index (χ3n) is 13.5. The normalized spacial score (nSPS) is 12.9. The maximum Gasteiger partial charge on any atom is 0.136 e. The molecule has 1 aromatic heterocycles. The summed E-state index contributed by atoms with van der Waals surface area (Å²) in [6.07, 6.45) is 0. The van der Waals surface area contributed by atoms with Crippen molar-refractivity contribution in [2.75, 3.05) is 4.90 Å². The summed E-state index contributed by atoms with van der Waals surface area (Å²) in [6, 6.07) is 86.6. The largest absolute Gasteiger partial charge is 0.456 e. The molecule has 0 atom stereocenters. The topological polar surface area (TPSA) is 16.4 Å². The molecule has 0 fully saturated rings. The Morgan fingerprint density at radius 3 is 1.56 bits per heavy atom. The average molecular weight is 802 g/mol. The predicted molar refractivity (Wildman–Crippen MR) is 261 cm³/mol.